The van der Waals surface area contributed by atoms with Crippen LogP contribution in [0.4, 0.5) is 0 Å². The van der Waals surface area contributed by atoms with E-state index in [0.717, 1.165) is 12.2 Å². The van der Waals surface area contributed by atoms with Crippen molar-refractivity contribution in [2.75, 3.05) is 6.54 Å². The van der Waals surface area contributed by atoms with Crippen molar-refractivity contribution in [3.05, 3.63) is 22.6 Å². The van der Waals surface area contributed by atoms with Gasteiger partial charge in [0.1, 0.15) is 5.76 Å². The predicted molar refractivity (Wildman–Crippen MR) is 54.3 cm³/mol. The molecule has 0 saturated carbocycles. The molecule has 0 aliphatic carbocycles. The second-order valence-electron chi connectivity index (χ2n) is 2.33. The molecule has 1 rings (SSSR count). The Morgan fingerprint density at radius 2 is 2.17 bits per heavy atom. The van der Waals surface area contributed by atoms with E-state index < -0.39 is 0 Å². The van der Waals surface area contributed by atoms with Gasteiger partial charge in [-0.2, -0.15) is 0 Å². The molecule has 0 saturated heterocycles. The zero-order valence-electron chi connectivity index (χ0n) is 6.50. The van der Waals surface area contributed by atoms with Crippen LogP contribution in [-0.4, -0.2) is 6.54 Å². The van der Waals surface area contributed by atoms with Crippen LogP contribution in [0.25, 0.3) is 0 Å². The minimum atomic E-state index is -0.0775. The van der Waals surface area contributed by atoms with E-state index in [0.29, 0.717) is 11.2 Å². The summed E-state index contributed by atoms with van der Waals surface area (Å²) in [6, 6.07) is 3.60. The standard InChI is InChI=1S/C7H11BrN2O.ClH/c8-7-2-1-6(11-7)5(10)3-4-9;/h1-2,5H,3-4,9-10H2;1H/t5-;/m1./s1. The molecule has 12 heavy (non-hydrogen) atoms. The average molecular weight is 256 g/mol. The van der Waals surface area contributed by atoms with E-state index >= 15 is 0 Å². The maximum absolute atomic E-state index is 5.72. The molecule has 0 unspecified atom stereocenters. The first-order valence-electron chi connectivity index (χ1n) is 3.45. The molecule has 1 heterocycles. The molecular weight excluding hydrogens is 243 g/mol. The first-order chi connectivity index (χ1) is 5.24. The van der Waals surface area contributed by atoms with E-state index in [1.54, 1.807) is 0 Å². The van der Waals surface area contributed by atoms with Crippen molar-refractivity contribution >= 4 is 28.3 Å². The quantitative estimate of drug-likeness (QED) is 0.866. The number of rotatable bonds is 3. The highest BCUT2D eigenvalue weighted by Gasteiger charge is 2.08. The molecule has 0 fully saturated rings. The Morgan fingerprint density at radius 1 is 1.50 bits per heavy atom. The van der Waals surface area contributed by atoms with Crippen LogP contribution < -0.4 is 11.5 Å². The predicted octanol–water partition coefficient (Wildman–Crippen LogP) is 1.81. The first kappa shape index (κ1) is 12.0. The lowest BCUT2D eigenvalue weighted by Crippen LogP contribution is -2.14. The van der Waals surface area contributed by atoms with Crippen LogP contribution in [0.2, 0.25) is 0 Å². The first-order valence-corrected chi connectivity index (χ1v) is 4.24. The van der Waals surface area contributed by atoms with Crippen LogP contribution in [0.3, 0.4) is 0 Å². The summed E-state index contributed by atoms with van der Waals surface area (Å²) in [5.74, 6) is 0.780. The third kappa shape index (κ3) is 3.15. The summed E-state index contributed by atoms with van der Waals surface area (Å²) in [7, 11) is 0. The van der Waals surface area contributed by atoms with Gasteiger partial charge in [0.05, 0.1) is 6.04 Å². The van der Waals surface area contributed by atoms with Gasteiger partial charge in [0.2, 0.25) is 0 Å². The molecule has 0 amide bonds. The number of halogens is 2. The van der Waals surface area contributed by atoms with Gasteiger partial charge >= 0.3 is 0 Å². The number of hydrogen-bond donors (Lipinski definition) is 2. The minimum absolute atomic E-state index is 0. The van der Waals surface area contributed by atoms with Gasteiger partial charge < -0.3 is 15.9 Å². The van der Waals surface area contributed by atoms with E-state index in [1.807, 2.05) is 12.1 Å². The highest BCUT2D eigenvalue weighted by Crippen LogP contribution is 2.20. The van der Waals surface area contributed by atoms with Crippen LogP contribution >= 0.6 is 28.3 Å². The van der Waals surface area contributed by atoms with E-state index in [4.69, 9.17) is 15.9 Å². The Hall–Kier alpha value is -0.0300. The molecule has 0 spiro atoms. The third-order valence-electron chi connectivity index (χ3n) is 1.44. The molecule has 0 bridgehead atoms. The van der Waals surface area contributed by atoms with E-state index in [-0.39, 0.29) is 18.4 Å². The van der Waals surface area contributed by atoms with E-state index in [1.165, 1.54) is 0 Å². The molecule has 4 N–H and O–H groups in total. The number of furan rings is 1. The fraction of sp³-hybridized carbons (Fsp3) is 0.429. The minimum Gasteiger partial charge on any atom is -0.453 e. The summed E-state index contributed by atoms with van der Waals surface area (Å²) in [4.78, 5) is 0. The molecule has 5 heteroatoms. The van der Waals surface area contributed by atoms with Crippen molar-refractivity contribution in [2.24, 2.45) is 11.5 Å². The zero-order chi connectivity index (χ0) is 8.27. The molecule has 0 aliphatic heterocycles. The summed E-state index contributed by atoms with van der Waals surface area (Å²) < 4.78 is 5.94. The highest BCUT2D eigenvalue weighted by atomic mass is 79.9. The lowest BCUT2D eigenvalue weighted by atomic mass is 10.2. The lowest BCUT2D eigenvalue weighted by Gasteiger charge is -2.04. The SMILES string of the molecule is Cl.NCC[C@@H](N)c1ccc(Br)o1. The number of nitrogens with two attached hydrogens (primary N) is 2. The molecule has 70 valence electrons. The Morgan fingerprint density at radius 3 is 2.58 bits per heavy atom. The van der Waals surface area contributed by atoms with Crippen molar-refractivity contribution in [1.29, 1.82) is 0 Å². The molecule has 1 aromatic heterocycles. The van der Waals surface area contributed by atoms with Crippen molar-refractivity contribution in [1.82, 2.24) is 0 Å². The Bertz CT molecular complexity index is 229. The van der Waals surface area contributed by atoms with E-state index in [9.17, 15) is 0 Å². The van der Waals surface area contributed by atoms with Gasteiger partial charge in [0.15, 0.2) is 4.67 Å². The molecule has 3 nitrogen and oxygen atoms in total. The van der Waals surface area contributed by atoms with Crippen molar-refractivity contribution in [2.45, 2.75) is 12.5 Å². The van der Waals surface area contributed by atoms with Gasteiger partial charge in [0, 0.05) is 0 Å². The number of hydrogen-bond acceptors (Lipinski definition) is 3. The van der Waals surface area contributed by atoms with Crippen LogP contribution in [0.1, 0.15) is 18.2 Å². The van der Waals surface area contributed by atoms with Crippen LogP contribution in [0.5, 0.6) is 0 Å². The van der Waals surface area contributed by atoms with Crippen molar-refractivity contribution < 1.29 is 4.42 Å². The smallest absolute Gasteiger partial charge is 0.169 e. The average Bonchev–Trinajstić information content (AvgIpc) is 2.36. The molecular formula is C7H12BrClN2O. The Labute approximate surface area is 86.0 Å². The maximum atomic E-state index is 5.72. The molecule has 0 aromatic carbocycles. The largest absolute Gasteiger partial charge is 0.453 e. The highest BCUT2D eigenvalue weighted by molar-refractivity contribution is 9.10. The second kappa shape index (κ2) is 5.59. The third-order valence-corrected chi connectivity index (χ3v) is 1.86. The fourth-order valence-corrected chi connectivity index (χ4v) is 1.17. The van der Waals surface area contributed by atoms with E-state index in [2.05, 4.69) is 15.9 Å². The molecule has 1 atom stereocenters. The Kier molecular flexibility index (Phi) is 5.57. The summed E-state index contributed by atoms with van der Waals surface area (Å²) in [6.07, 6.45) is 0.750. The topological polar surface area (TPSA) is 65.2 Å². The van der Waals surface area contributed by atoms with Gasteiger partial charge in [-0.05, 0) is 41.0 Å². The van der Waals surface area contributed by atoms with Crippen LogP contribution in [0.15, 0.2) is 21.2 Å². The zero-order valence-corrected chi connectivity index (χ0v) is 8.90. The van der Waals surface area contributed by atoms with Crippen LogP contribution in [-0.2, 0) is 0 Å². The maximum Gasteiger partial charge on any atom is 0.169 e. The second-order valence-corrected chi connectivity index (χ2v) is 3.11. The molecule has 0 radical (unpaired) electrons. The molecule has 0 aliphatic rings. The van der Waals surface area contributed by atoms with Gasteiger partial charge in [-0.25, -0.2) is 0 Å². The lowest BCUT2D eigenvalue weighted by molar-refractivity contribution is 0.439. The van der Waals surface area contributed by atoms with Gasteiger partial charge in [-0.15, -0.1) is 12.4 Å². The summed E-state index contributed by atoms with van der Waals surface area (Å²) in [6.45, 7) is 0.583. The summed E-state index contributed by atoms with van der Waals surface area (Å²) in [5.41, 5.74) is 11.1. The van der Waals surface area contributed by atoms with Crippen molar-refractivity contribution in [3.63, 3.8) is 0 Å². The monoisotopic (exact) mass is 254 g/mol. The van der Waals surface area contributed by atoms with Gasteiger partial charge in [-0.3, -0.25) is 0 Å². The van der Waals surface area contributed by atoms with Gasteiger partial charge in [-0.1, -0.05) is 0 Å². The van der Waals surface area contributed by atoms with Gasteiger partial charge in [0.25, 0.3) is 0 Å². The molecule has 1 aromatic rings. The van der Waals surface area contributed by atoms with Crippen molar-refractivity contribution in [3.8, 4) is 0 Å². The summed E-state index contributed by atoms with van der Waals surface area (Å²) >= 11 is 3.20. The van der Waals surface area contributed by atoms with Crippen LogP contribution in [0, 0.1) is 0 Å². The normalized spacial score (nSPS) is 12.2. The Balaban J connectivity index is 0.00000121. The summed E-state index contributed by atoms with van der Waals surface area (Å²) in [5, 5.41) is 0. The fourth-order valence-electron chi connectivity index (χ4n) is 0.849.